The molecular formula is C12H17BF3O2-. The van der Waals surface area contributed by atoms with Gasteiger partial charge >= 0.3 is 6.98 Å². The van der Waals surface area contributed by atoms with Crippen LogP contribution in [0.4, 0.5) is 12.9 Å². The lowest BCUT2D eigenvalue weighted by Gasteiger charge is -2.18. The van der Waals surface area contributed by atoms with Gasteiger partial charge in [-0.2, -0.15) is 0 Å². The van der Waals surface area contributed by atoms with Gasteiger partial charge in [0.25, 0.3) is 0 Å². The highest BCUT2D eigenvalue weighted by Crippen LogP contribution is 2.17. The molecule has 0 radical (unpaired) electrons. The summed E-state index contributed by atoms with van der Waals surface area (Å²) in [5, 5.41) is 0. The minimum absolute atomic E-state index is 0.199. The van der Waals surface area contributed by atoms with Crippen LogP contribution < -0.4 is 10.2 Å². The third kappa shape index (κ3) is 4.60. The zero-order valence-corrected chi connectivity index (χ0v) is 10.6. The van der Waals surface area contributed by atoms with E-state index in [1.807, 2.05) is 6.92 Å². The number of rotatable bonds is 7. The van der Waals surface area contributed by atoms with Crippen LogP contribution in [0.15, 0.2) is 18.2 Å². The van der Waals surface area contributed by atoms with Crippen molar-refractivity contribution in [3.63, 3.8) is 0 Å². The molecule has 0 fully saturated rings. The number of hydrogen-bond acceptors (Lipinski definition) is 2. The van der Waals surface area contributed by atoms with E-state index in [1.54, 1.807) is 0 Å². The molecule has 102 valence electrons. The predicted octanol–water partition coefficient (Wildman–Crippen LogP) is 2.85. The maximum absolute atomic E-state index is 12.6. The van der Waals surface area contributed by atoms with Crippen LogP contribution >= 0.6 is 0 Å². The first-order valence-electron chi connectivity index (χ1n) is 5.96. The number of benzene rings is 1. The molecule has 0 bridgehead atoms. The Bertz CT molecular complexity index is 380. The molecule has 0 atom stereocenters. The molecule has 1 aromatic rings. The fourth-order valence-corrected chi connectivity index (χ4v) is 1.60. The van der Waals surface area contributed by atoms with Crippen molar-refractivity contribution in [1.82, 2.24) is 0 Å². The van der Waals surface area contributed by atoms with Crippen molar-refractivity contribution in [2.75, 3.05) is 19.8 Å². The first-order chi connectivity index (χ1) is 8.45. The highest BCUT2D eigenvalue weighted by atomic mass is 19.4. The van der Waals surface area contributed by atoms with Crippen molar-refractivity contribution in [3.05, 3.63) is 23.8 Å². The molecule has 2 nitrogen and oxygen atoms in total. The molecule has 0 aromatic heterocycles. The molecule has 1 rings (SSSR count). The molecule has 18 heavy (non-hydrogen) atoms. The van der Waals surface area contributed by atoms with E-state index < -0.39 is 12.4 Å². The molecular weight excluding hydrogens is 244 g/mol. The van der Waals surface area contributed by atoms with Gasteiger partial charge in [-0.05, 0) is 26.0 Å². The van der Waals surface area contributed by atoms with Crippen molar-refractivity contribution in [2.45, 2.75) is 20.3 Å². The zero-order valence-electron chi connectivity index (χ0n) is 10.6. The van der Waals surface area contributed by atoms with Crippen molar-refractivity contribution >= 4 is 12.4 Å². The fourth-order valence-electron chi connectivity index (χ4n) is 1.60. The molecule has 0 aliphatic carbocycles. The van der Waals surface area contributed by atoms with Crippen LogP contribution in [0.3, 0.4) is 0 Å². The fraction of sp³-hybridized carbons (Fsp3) is 0.500. The molecule has 0 unspecified atom stereocenters. The van der Waals surface area contributed by atoms with Gasteiger partial charge in [0.2, 0.25) is 0 Å². The van der Waals surface area contributed by atoms with E-state index in [-0.39, 0.29) is 5.56 Å². The Morgan fingerprint density at radius 3 is 2.44 bits per heavy atom. The minimum Gasteiger partial charge on any atom is -0.494 e. The van der Waals surface area contributed by atoms with Crippen LogP contribution in [0.5, 0.6) is 5.75 Å². The highest BCUT2D eigenvalue weighted by molar-refractivity contribution is 6.74. The van der Waals surface area contributed by atoms with Crippen LogP contribution in [0.2, 0.25) is 0 Å². The van der Waals surface area contributed by atoms with E-state index >= 15 is 0 Å². The van der Waals surface area contributed by atoms with Crippen LogP contribution in [-0.4, -0.2) is 26.8 Å². The SMILES string of the molecule is CCOCCCOc1ccc([B-](F)(F)F)c(C)c1. The average Bonchev–Trinajstić information content (AvgIpc) is 2.27. The summed E-state index contributed by atoms with van der Waals surface area (Å²) in [6.45, 7) is 0.0921. The lowest BCUT2D eigenvalue weighted by molar-refractivity contribution is 0.131. The minimum atomic E-state index is -4.95. The predicted molar refractivity (Wildman–Crippen MR) is 66.5 cm³/mol. The van der Waals surface area contributed by atoms with Crippen molar-refractivity contribution in [2.24, 2.45) is 0 Å². The van der Waals surface area contributed by atoms with Gasteiger partial charge < -0.3 is 22.4 Å². The largest absolute Gasteiger partial charge is 0.509 e. The molecule has 0 saturated carbocycles. The highest BCUT2D eigenvalue weighted by Gasteiger charge is 2.27. The quantitative estimate of drug-likeness (QED) is 0.555. The topological polar surface area (TPSA) is 18.5 Å². The van der Waals surface area contributed by atoms with Crippen LogP contribution in [0.25, 0.3) is 0 Å². The Kier molecular flexibility index (Phi) is 5.53. The molecule has 0 aliphatic rings. The number of hydrogen-bond donors (Lipinski definition) is 0. The molecule has 0 aliphatic heterocycles. The molecule has 0 amide bonds. The summed E-state index contributed by atoms with van der Waals surface area (Å²) < 4.78 is 48.2. The molecule has 0 heterocycles. The Balaban J connectivity index is 2.52. The van der Waals surface area contributed by atoms with Gasteiger partial charge in [-0.1, -0.05) is 11.6 Å². The van der Waals surface area contributed by atoms with E-state index in [2.05, 4.69) is 0 Å². The summed E-state index contributed by atoms with van der Waals surface area (Å²) in [5.41, 5.74) is -0.360. The van der Waals surface area contributed by atoms with Gasteiger partial charge in [-0.3, -0.25) is 0 Å². The lowest BCUT2D eigenvalue weighted by atomic mass is 9.77. The maximum atomic E-state index is 12.6. The van der Waals surface area contributed by atoms with Crippen LogP contribution in [-0.2, 0) is 4.74 Å². The summed E-state index contributed by atoms with van der Waals surface area (Å²) in [6.07, 6.45) is 0.720. The Labute approximate surface area is 105 Å². The van der Waals surface area contributed by atoms with Gasteiger partial charge in [-0.15, -0.1) is 5.46 Å². The molecule has 6 heteroatoms. The third-order valence-corrected chi connectivity index (χ3v) is 2.50. The van der Waals surface area contributed by atoms with Gasteiger partial charge in [-0.25, -0.2) is 0 Å². The number of aryl methyl sites for hydroxylation is 1. The third-order valence-electron chi connectivity index (χ3n) is 2.50. The monoisotopic (exact) mass is 261 g/mol. The summed E-state index contributed by atoms with van der Waals surface area (Å²) in [6, 6.07) is 3.86. The van der Waals surface area contributed by atoms with Gasteiger partial charge in [0.05, 0.1) is 6.61 Å². The zero-order chi connectivity index (χ0) is 13.6. The van der Waals surface area contributed by atoms with E-state index in [0.29, 0.717) is 25.6 Å². The van der Waals surface area contributed by atoms with E-state index in [0.717, 1.165) is 12.5 Å². The van der Waals surface area contributed by atoms with Gasteiger partial charge in [0.1, 0.15) is 5.75 Å². The smallest absolute Gasteiger partial charge is 0.494 e. The molecule has 0 N–H and O–H groups in total. The Morgan fingerprint density at radius 2 is 1.89 bits per heavy atom. The summed E-state index contributed by atoms with van der Waals surface area (Å²) >= 11 is 0. The first-order valence-corrected chi connectivity index (χ1v) is 5.96. The van der Waals surface area contributed by atoms with E-state index in [4.69, 9.17) is 9.47 Å². The number of ether oxygens (including phenoxy) is 2. The van der Waals surface area contributed by atoms with E-state index in [9.17, 15) is 12.9 Å². The second-order valence-electron chi connectivity index (χ2n) is 3.99. The summed E-state index contributed by atoms with van der Waals surface area (Å²) in [5.74, 6) is 0.466. The molecule has 1 aromatic carbocycles. The summed E-state index contributed by atoms with van der Waals surface area (Å²) in [4.78, 5) is 0. The Morgan fingerprint density at radius 1 is 1.17 bits per heavy atom. The lowest BCUT2D eigenvalue weighted by Crippen LogP contribution is -2.35. The first kappa shape index (κ1) is 14.9. The van der Waals surface area contributed by atoms with Gasteiger partial charge in [0, 0.05) is 19.6 Å². The second-order valence-corrected chi connectivity index (χ2v) is 3.99. The molecule has 0 spiro atoms. The van der Waals surface area contributed by atoms with Gasteiger partial charge in [0.15, 0.2) is 0 Å². The Hall–Kier alpha value is -1.17. The maximum Gasteiger partial charge on any atom is 0.509 e. The standard InChI is InChI=1S/C12H17BF3O2/c1-3-17-7-4-8-18-11-5-6-12(10(2)9-11)13(14,15)16/h5-6,9H,3-4,7-8H2,1-2H3/q-1. The van der Waals surface area contributed by atoms with E-state index in [1.165, 1.54) is 19.1 Å². The number of halogens is 3. The second kappa shape index (κ2) is 6.68. The molecule has 0 saturated heterocycles. The van der Waals surface area contributed by atoms with Crippen molar-refractivity contribution in [3.8, 4) is 5.75 Å². The summed E-state index contributed by atoms with van der Waals surface area (Å²) in [7, 11) is 0. The van der Waals surface area contributed by atoms with Crippen molar-refractivity contribution in [1.29, 1.82) is 0 Å². The normalized spacial score (nSPS) is 11.6. The van der Waals surface area contributed by atoms with Crippen molar-refractivity contribution < 1.29 is 22.4 Å². The van der Waals surface area contributed by atoms with Crippen LogP contribution in [0, 0.1) is 6.92 Å². The van der Waals surface area contributed by atoms with Crippen LogP contribution in [0.1, 0.15) is 18.9 Å². The average molecular weight is 261 g/mol.